The molecule has 1 saturated carbocycles. The quantitative estimate of drug-likeness (QED) is 0.591. The second-order valence-corrected chi connectivity index (χ2v) is 8.71. The van der Waals surface area contributed by atoms with E-state index in [1.807, 2.05) is 18.3 Å². The summed E-state index contributed by atoms with van der Waals surface area (Å²) in [7, 11) is 1.55. The van der Waals surface area contributed by atoms with E-state index in [4.69, 9.17) is 9.57 Å². The molecule has 3 aromatic heterocycles. The predicted octanol–water partition coefficient (Wildman–Crippen LogP) is 3.42. The molecule has 1 amide bonds. The summed E-state index contributed by atoms with van der Waals surface area (Å²) in [6.45, 7) is 1.35. The van der Waals surface area contributed by atoms with Crippen molar-refractivity contribution in [3.05, 3.63) is 48.2 Å². The number of fused-ring (bicyclic) bond motifs is 1. The molecule has 0 unspecified atom stereocenters. The molecule has 1 aliphatic heterocycles. The number of rotatable bonds is 5. The monoisotopic (exact) mass is 446 g/mol. The van der Waals surface area contributed by atoms with Crippen molar-refractivity contribution in [2.45, 2.75) is 44.7 Å². The standard InChI is InChI=1S/C24H26N6O3/c1-32-23-14-26-13-20(28-23)21-7-9-33-30(21)24(31)18-4-2-16(3-5-18)15-29-8-6-19-22(29)10-17(11-25)12-27-19/h6,8,10,12-14,16,18,21H,2-5,7,9,15H2,1H3/t16-,18-,21-/m0/s1. The zero-order chi connectivity index (χ0) is 22.8. The van der Waals surface area contributed by atoms with E-state index < -0.39 is 0 Å². The Morgan fingerprint density at radius 3 is 2.88 bits per heavy atom. The molecule has 2 fully saturated rings. The minimum Gasteiger partial charge on any atom is -0.480 e. The fraction of sp³-hybridized carbons (Fsp3) is 0.458. The van der Waals surface area contributed by atoms with E-state index in [2.05, 4.69) is 25.6 Å². The van der Waals surface area contributed by atoms with Crippen molar-refractivity contribution in [2.75, 3.05) is 13.7 Å². The number of nitrogens with zero attached hydrogens (tertiary/aromatic N) is 6. The van der Waals surface area contributed by atoms with E-state index in [0.717, 1.165) is 43.3 Å². The number of hydrogen-bond acceptors (Lipinski definition) is 7. The van der Waals surface area contributed by atoms with Crippen LogP contribution in [-0.4, -0.2) is 44.2 Å². The lowest BCUT2D eigenvalue weighted by molar-refractivity contribution is -0.183. The number of amides is 1. The molecule has 4 heterocycles. The summed E-state index contributed by atoms with van der Waals surface area (Å²) in [5, 5.41) is 10.7. The fourth-order valence-corrected chi connectivity index (χ4v) is 4.91. The molecule has 1 aliphatic carbocycles. The number of ether oxygens (including phenoxy) is 1. The SMILES string of the molecule is COc1cncc([C@@H]2CCON2C(=O)[C@H]2CC[C@H](Cn3ccc4ncc(C#N)cc43)CC2)n1. The van der Waals surface area contributed by atoms with E-state index >= 15 is 0 Å². The Bertz CT molecular complexity index is 1190. The number of methoxy groups -OCH3 is 1. The Morgan fingerprint density at radius 1 is 1.24 bits per heavy atom. The first-order valence-electron chi connectivity index (χ1n) is 11.3. The van der Waals surface area contributed by atoms with Gasteiger partial charge in [0.25, 0.3) is 0 Å². The highest BCUT2D eigenvalue weighted by atomic mass is 16.7. The topological polar surface area (TPSA) is 106 Å². The van der Waals surface area contributed by atoms with E-state index in [0.29, 0.717) is 36.1 Å². The lowest BCUT2D eigenvalue weighted by Gasteiger charge is -2.32. The van der Waals surface area contributed by atoms with Gasteiger partial charge in [0.1, 0.15) is 12.1 Å². The van der Waals surface area contributed by atoms with Crippen molar-refractivity contribution in [1.29, 1.82) is 5.26 Å². The van der Waals surface area contributed by atoms with E-state index in [-0.39, 0.29) is 17.9 Å². The van der Waals surface area contributed by atoms with Crippen LogP contribution in [0, 0.1) is 23.2 Å². The van der Waals surface area contributed by atoms with Crippen LogP contribution in [0.5, 0.6) is 5.88 Å². The molecule has 170 valence electrons. The molecule has 5 rings (SSSR count). The van der Waals surface area contributed by atoms with Crippen LogP contribution in [0.1, 0.15) is 49.4 Å². The van der Waals surface area contributed by atoms with Crippen molar-refractivity contribution >= 4 is 16.9 Å². The maximum Gasteiger partial charge on any atom is 0.249 e. The smallest absolute Gasteiger partial charge is 0.249 e. The number of nitriles is 1. The highest BCUT2D eigenvalue weighted by Crippen LogP contribution is 2.36. The molecule has 1 atom stereocenters. The summed E-state index contributed by atoms with van der Waals surface area (Å²) >= 11 is 0. The second kappa shape index (κ2) is 9.16. The van der Waals surface area contributed by atoms with Crippen LogP contribution in [0.15, 0.2) is 36.9 Å². The Balaban J connectivity index is 1.22. The Morgan fingerprint density at radius 2 is 2.09 bits per heavy atom. The summed E-state index contributed by atoms with van der Waals surface area (Å²) in [6, 6.07) is 5.81. The fourth-order valence-electron chi connectivity index (χ4n) is 4.91. The normalized spacial score (nSPS) is 22.9. The number of pyridine rings is 1. The van der Waals surface area contributed by atoms with E-state index in [1.165, 1.54) is 5.06 Å². The highest BCUT2D eigenvalue weighted by molar-refractivity contribution is 5.78. The summed E-state index contributed by atoms with van der Waals surface area (Å²) in [6.07, 6.45) is 11.2. The number of carbonyl (C=O) groups is 1. The third-order valence-electron chi connectivity index (χ3n) is 6.70. The molecule has 1 saturated heterocycles. The van der Waals surface area contributed by atoms with Gasteiger partial charge in [0.15, 0.2) is 0 Å². The van der Waals surface area contributed by atoms with Crippen LogP contribution in [0.25, 0.3) is 11.0 Å². The van der Waals surface area contributed by atoms with Gasteiger partial charge in [-0.15, -0.1) is 0 Å². The molecule has 0 N–H and O–H groups in total. The number of carbonyl (C=O) groups excluding carboxylic acids is 1. The van der Waals surface area contributed by atoms with Gasteiger partial charge in [-0.25, -0.2) is 10.0 Å². The van der Waals surface area contributed by atoms with Gasteiger partial charge < -0.3 is 9.30 Å². The van der Waals surface area contributed by atoms with Crippen molar-refractivity contribution in [2.24, 2.45) is 11.8 Å². The molecular weight excluding hydrogens is 420 g/mol. The van der Waals surface area contributed by atoms with Crippen LogP contribution >= 0.6 is 0 Å². The first-order valence-corrected chi connectivity index (χ1v) is 11.3. The van der Waals surface area contributed by atoms with Crippen molar-refractivity contribution < 1.29 is 14.4 Å². The Kier molecular flexibility index (Phi) is 5.92. The number of aromatic nitrogens is 4. The maximum absolute atomic E-state index is 13.3. The van der Waals surface area contributed by atoms with Crippen LogP contribution in [0.3, 0.4) is 0 Å². The van der Waals surface area contributed by atoms with Crippen LogP contribution in [0.2, 0.25) is 0 Å². The average Bonchev–Trinajstić information content (AvgIpc) is 3.51. The number of hydrogen-bond donors (Lipinski definition) is 0. The molecule has 0 bridgehead atoms. The molecular formula is C24H26N6O3. The van der Waals surface area contributed by atoms with E-state index in [1.54, 1.807) is 25.7 Å². The zero-order valence-corrected chi connectivity index (χ0v) is 18.6. The average molecular weight is 447 g/mol. The highest BCUT2D eigenvalue weighted by Gasteiger charge is 2.38. The van der Waals surface area contributed by atoms with Gasteiger partial charge in [0, 0.05) is 31.3 Å². The predicted molar refractivity (Wildman–Crippen MR) is 119 cm³/mol. The Labute approximate surface area is 191 Å². The number of hydroxylamine groups is 2. The van der Waals surface area contributed by atoms with Crippen LogP contribution in [-0.2, 0) is 16.2 Å². The third kappa shape index (κ3) is 4.26. The molecule has 33 heavy (non-hydrogen) atoms. The zero-order valence-electron chi connectivity index (χ0n) is 18.6. The lowest BCUT2D eigenvalue weighted by Crippen LogP contribution is -2.37. The summed E-state index contributed by atoms with van der Waals surface area (Å²) < 4.78 is 7.36. The summed E-state index contributed by atoms with van der Waals surface area (Å²) in [5.74, 6) is 0.903. The lowest BCUT2D eigenvalue weighted by atomic mass is 9.81. The molecule has 9 nitrogen and oxygen atoms in total. The van der Waals surface area contributed by atoms with Crippen LogP contribution in [0.4, 0.5) is 0 Å². The van der Waals surface area contributed by atoms with Gasteiger partial charge in [-0.3, -0.25) is 19.6 Å². The summed E-state index contributed by atoms with van der Waals surface area (Å²) in [4.78, 5) is 32.0. The first-order chi connectivity index (χ1) is 16.2. The van der Waals surface area contributed by atoms with Crippen LogP contribution < -0.4 is 4.74 Å². The molecule has 9 heteroatoms. The van der Waals surface area contributed by atoms with Gasteiger partial charge in [-0.1, -0.05) is 0 Å². The molecule has 0 spiro atoms. The third-order valence-corrected chi connectivity index (χ3v) is 6.70. The van der Waals surface area contributed by atoms with Gasteiger partial charge >= 0.3 is 0 Å². The van der Waals surface area contributed by atoms with Gasteiger partial charge in [0.2, 0.25) is 11.8 Å². The Hall–Kier alpha value is -3.51. The van der Waals surface area contributed by atoms with Crippen molar-refractivity contribution in [1.82, 2.24) is 24.6 Å². The van der Waals surface area contributed by atoms with Gasteiger partial charge in [0.05, 0.1) is 48.4 Å². The molecule has 3 aromatic rings. The molecule has 0 aromatic carbocycles. The minimum atomic E-state index is -0.231. The molecule has 0 radical (unpaired) electrons. The maximum atomic E-state index is 13.3. The van der Waals surface area contributed by atoms with Crippen molar-refractivity contribution in [3.63, 3.8) is 0 Å². The second-order valence-electron chi connectivity index (χ2n) is 8.71. The van der Waals surface area contributed by atoms with Gasteiger partial charge in [-0.2, -0.15) is 5.26 Å². The largest absolute Gasteiger partial charge is 0.480 e. The van der Waals surface area contributed by atoms with E-state index in [9.17, 15) is 10.1 Å². The van der Waals surface area contributed by atoms with Gasteiger partial charge in [-0.05, 0) is 43.7 Å². The molecule has 2 aliphatic rings. The van der Waals surface area contributed by atoms with Crippen molar-refractivity contribution in [3.8, 4) is 11.9 Å². The minimum absolute atomic E-state index is 0.0369. The first kappa shape index (κ1) is 21.3. The summed E-state index contributed by atoms with van der Waals surface area (Å²) in [5.41, 5.74) is 3.15.